The third kappa shape index (κ3) is 4.02. The summed E-state index contributed by atoms with van der Waals surface area (Å²) < 4.78 is 26.4. The van der Waals surface area contributed by atoms with E-state index in [1.807, 2.05) is 0 Å². The van der Waals surface area contributed by atoms with Crippen molar-refractivity contribution in [1.82, 2.24) is 0 Å². The lowest BCUT2D eigenvalue weighted by atomic mass is 9.75. The van der Waals surface area contributed by atoms with E-state index >= 15 is 0 Å². The summed E-state index contributed by atoms with van der Waals surface area (Å²) >= 11 is 0. The van der Waals surface area contributed by atoms with Gasteiger partial charge >= 0.3 is 0 Å². The Morgan fingerprint density at radius 2 is 1.79 bits per heavy atom. The van der Waals surface area contributed by atoms with Crippen molar-refractivity contribution in [2.75, 3.05) is 0 Å². The van der Waals surface area contributed by atoms with Gasteiger partial charge in [0.1, 0.15) is 11.6 Å². The Kier molecular flexibility index (Phi) is 4.95. The van der Waals surface area contributed by atoms with Crippen molar-refractivity contribution in [2.24, 2.45) is 17.8 Å². The summed E-state index contributed by atoms with van der Waals surface area (Å²) in [5.74, 6) is 1.50. The normalized spacial score (nSPS) is 23.8. The summed E-state index contributed by atoms with van der Waals surface area (Å²) in [4.78, 5) is 0. The number of benzene rings is 1. The number of halogens is 2. The van der Waals surface area contributed by atoms with Gasteiger partial charge in [-0.1, -0.05) is 32.8 Å². The highest BCUT2D eigenvalue weighted by molar-refractivity contribution is 5.18. The molecular weight excluding hydrogens is 242 g/mol. The van der Waals surface area contributed by atoms with Gasteiger partial charge in [-0.25, -0.2) is 8.78 Å². The van der Waals surface area contributed by atoms with Crippen LogP contribution in [0, 0.1) is 29.4 Å². The predicted octanol–water partition coefficient (Wildman–Crippen LogP) is 5.36. The summed E-state index contributed by atoms with van der Waals surface area (Å²) in [6.45, 7) is 4.61. The second-order valence-corrected chi connectivity index (χ2v) is 6.30. The largest absolute Gasteiger partial charge is 0.207 e. The van der Waals surface area contributed by atoms with Crippen LogP contribution in [0.1, 0.15) is 51.5 Å². The highest BCUT2D eigenvalue weighted by Crippen LogP contribution is 2.35. The molecule has 0 spiro atoms. The Morgan fingerprint density at radius 3 is 2.37 bits per heavy atom. The molecule has 0 bridgehead atoms. The summed E-state index contributed by atoms with van der Waals surface area (Å²) in [6, 6.07) is 3.93. The highest BCUT2D eigenvalue weighted by Gasteiger charge is 2.23. The molecule has 0 saturated heterocycles. The second-order valence-electron chi connectivity index (χ2n) is 6.30. The van der Waals surface area contributed by atoms with Crippen molar-refractivity contribution in [1.29, 1.82) is 0 Å². The van der Waals surface area contributed by atoms with Gasteiger partial charge < -0.3 is 0 Å². The van der Waals surface area contributed by atoms with E-state index in [9.17, 15) is 8.78 Å². The molecule has 2 heteroatoms. The number of hydrogen-bond acceptors (Lipinski definition) is 0. The van der Waals surface area contributed by atoms with Gasteiger partial charge in [-0.15, -0.1) is 0 Å². The van der Waals surface area contributed by atoms with Gasteiger partial charge in [-0.3, -0.25) is 0 Å². The maximum atomic E-state index is 13.5. The predicted molar refractivity (Wildman–Crippen MR) is 75.0 cm³/mol. The van der Waals surface area contributed by atoms with Crippen LogP contribution in [0.3, 0.4) is 0 Å². The minimum atomic E-state index is -0.487. The first-order valence-electron chi connectivity index (χ1n) is 7.50. The first-order chi connectivity index (χ1) is 9.06. The van der Waals surface area contributed by atoms with E-state index in [0.717, 1.165) is 36.7 Å². The van der Waals surface area contributed by atoms with Crippen molar-refractivity contribution >= 4 is 0 Å². The van der Waals surface area contributed by atoms with Gasteiger partial charge in [0.25, 0.3) is 0 Å². The third-order valence-electron chi connectivity index (χ3n) is 4.67. The van der Waals surface area contributed by atoms with Crippen LogP contribution >= 0.6 is 0 Å². The Hall–Kier alpha value is -0.920. The maximum absolute atomic E-state index is 13.5. The van der Waals surface area contributed by atoms with Gasteiger partial charge in [0.15, 0.2) is 0 Å². The van der Waals surface area contributed by atoms with Crippen LogP contribution in [0.5, 0.6) is 0 Å². The van der Waals surface area contributed by atoms with Crippen LogP contribution in [-0.2, 0) is 6.42 Å². The molecule has 0 heterocycles. The van der Waals surface area contributed by atoms with Crippen LogP contribution in [0.4, 0.5) is 8.78 Å². The lowest BCUT2D eigenvalue weighted by Crippen LogP contribution is -2.19. The van der Waals surface area contributed by atoms with Crippen molar-refractivity contribution in [3.63, 3.8) is 0 Å². The fourth-order valence-corrected chi connectivity index (χ4v) is 3.23. The molecule has 0 N–H and O–H groups in total. The summed E-state index contributed by atoms with van der Waals surface area (Å²) in [6.07, 6.45) is 6.94. The highest BCUT2D eigenvalue weighted by atomic mass is 19.1. The fourth-order valence-electron chi connectivity index (χ4n) is 3.23. The average Bonchev–Trinajstić information content (AvgIpc) is 2.38. The van der Waals surface area contributed by atoms with Crippen molar-refractivity contribution in [2.45, 2.75) is 52.4 Å². The van der Waals surface area contributed by atoms with Crippen molar-refractivity contribution in [3.05, 3.63) is 35.4 Å². The van der Waals surface area contributed by atoms with E-state index in [1.165, 1.54) is 31.7 Å². The molecular formula is C17H24F2. The Balaban J connectivity index is 1.80. The zero-order chi connectivity index (χ0) is 13.8. The first-order valence-corrected chi connectivity index (χ1v) is 7.50. The zero-order valence-corrected chi connectivity index (χ0v) is 12.0. The molecule has 1 aliphatic rings. The summed E-state index contributed by atoms with van der Waals surface area (Å²) in [5, 5.41) is 0. The average molecular weight is 266 g/mol. The van der Waals surface area contributed by atoms with Crippen molar-refractivity contribution in [3.8, 4) is 0 Å². The smallest absolute Gasteiger partial charge is 0.129 e. The van der Waals surface area contributed by atoms with Crippen LogP contribution in [0.15, 0.2) is 18.2 Å². The molecule has 1 aliphatic carbocycles. The maximum Gasteiger partial charge on any atom is 0.129 e. The van der Waals surface area contributed by atoms with E-state index in [1.54, 1.807) is 6.07 Å². The topological polar surface area (TPSA) is 0 Å². The molecule has 1 aromatic rings. The first kappa shape index (κ1) is 14.5. The second kappa shape index (κ2) is 6.49. The van der Waals surface area contributed by atoms with Gasteiger partial charge in [0.05, 0.1) is 0 Å². The standard InChI is InChI=1S/C17H24F2/c1-12(2)14-6-3-13(4-7-14)5-8-15-9-10-16(18)11-17(15)19/h9-14H,3-8H2,1-2H3. The molecule has 0 unspecified atom stereocenters. The molecule has 2 rings (SSSR count). The van der Waals surface area contributed by atoms with Gasteiger partial charge in [-0.2, -0.15) is 0 Å². The molecule has 1 aromatic carbocycles. The molecule has 1 fully saturated rings. The number of aryl methyl sites for hydroxylation is 1. The lowest BCUT2D eigenvalue weighted by molar-refractivity contribution is 0.217. The zero-order valence-electron chi connectivity index (χ0n) is 12.0. The summed E-state index contributed by atoms with van der Waals surface area (Å²) in [7, 11) is 0. The van der Waals surface area contributed by atoms with Crippen molar-refractivity contribution < 1.29 is 8.78 Å². The minimum absolute atomic E-state index is 0.393. The van der Waals surface area contributed by atoms with Gasteiger partial charge in [0, 0.05) is 6.07 Å². The Labute approximate surface area is 115 Å². The Bertz CT molecular complexity index is 404. The SMILES string of the molecule is CC(C)C1CCC(CCc2ccc(F)cc2F)CC1. The lowest BCUT2D eigenvalue weighted by Gasteiger charge is -2.30. The Morgan fingerprint density at radius 1 is 1.11 bits per heavy atom. The molecule has 0 aliphatic heterocycles. The molecule has 0 nitrogen and oxygen atoms in total. The van der Waals surface area contributed by atoms with Crippen LogP contribution < -0.4 is 0 Å². The van der Waals surface area contributed by atoms with Crippen LogP contribution in [0.2, 0.25) is 0 Å². The molecule has 106 valence electrons. The van der Waals surface area contributed by atoms with E-state index < -0.39 is 11.6 Å². The van der Waals surface area contributed by atoms with Crippen LogP contribution in [0.25, 0.3) is 0 Å². The minimum Gasteiger partial charge on any atom is -0.207 e. The fraction of sp³-hybridized carbons (Fsp3) is 0.647. The van der Waals surface area contributed by atoms with E-state index in [2.05, 4.69) is 13.8 Å². The van der Waals surface area contributed by atoms with E-state index in [4.69, 9.17) is 0 Å². The van der Waals surface area contributed by atoms with E-state index in [-0.39, 0.29) is 0 Å². The van der Waals surface area contributed by atoms with Gasteiger partial charge in [-0.05, 0) is 55.1 Å². The molecule has 0 radical (unpaired) electrons. The number of hydrogen-bond donors (Lipinski definition) is 0. The monoisotopic (exact) mass is 266 g/mol. The van der Waals surface area contributed by atoms with Crippen LogP contribution in [-0.4, -0.2) is 0 Å². The summed E-state index contributed by atoms with van der Waals surface area (Å²) in [5.41, 5.74) is 0.660. The number of rotatable bonds is 4. The quantitative estimate of drug-likeness (QED) is 0.688. The molecule has 19 heavy (non-hydrogen) atoms. The van der Waals surface area contributed by atoms with Gasteiger partial charge in [0.2, 0.25) is 0 Å². The third-order valence-corrected chi connectivity index (χ3v) is 4.67. The van der Waals surface area contributed by atoms with E-state index in [0.29, 0.717) is 5.56 Å². The molecule has 0 aromatic heterocycles. The molecule has 0 amide bonds. The molecule has 1 saturated carbocycles. The molecule has 0 atom stereocenters.